The Morgan fingerprint density at radius 2 is 1.82 bits per heavy atom. The van der Waals surface area contributed by atoms with Gasteiger partial charge in [0.15, 0.2) is 0 Å². The Morgan fingerprint density at radius 1 is 1.14 bits per heavy atom. The van der Waals surface area contributed by atoms with Crippen LogP contribution in [0.5, 0.6) is 0 Å². The average molecular weight is 325 g/mol. The molecular weight excluding hydrogens is 296 g/mol. The molecule has 0 atom stereocenters. The van der Waals surface area contributed by atoms with Gasteiger partial charge in [0.1, 0.15) is 0 Å². The van der Waals surface area contributed by atoms with Gasteiger partial charge in [0, 0.05) is 26.1 Å². The lowest BCUT2D eigenvalue weighted by Gasteiger charge is -2.23. The van der Waals surface area contributed by atoms with E-state index in [1.165, 1.54) is 31.2 Å². The van der Waals surface area contributed by atoms with Gasteiger partial charge in [-0.15, -0.1) is 12.4 Å². The standard InChI is InChI=1S/C18H28N2O.ClH/c19-13-15-20(14-12-17-6-2-1-3-7-17)18(21)11-10-16-8-4-5-9-16;/h1-3,6-7,16H,4-5,8-15,19H2;1H. The van der Waals surface area contributed by atoms with E-state index < -0.39 is 0 Å². The third-order valence-electron chi connectivity index (χ3n) is 4.51. The van der Waals surface area contributed by atoms with Crippen LogP contribution >= 0.6 is 12.4 Å². The SMILES string of the molecule is Cl.NCCN(CCc1ccccc1)C(=O)CCC1CCCC1. The predicted octanol–water partition coefficient (Wildman–Crippen LogP) is 3.41. The molecule has 1 aliphatic carbocycles. The minimum absolute atomic E-state index is 0. The third-order valence-corrected chi connectivity index (χ3v) is 4.51. The maximum atomic E-state index is 12.4. The molecule has 0 saturated heterocycles. The van der Waals surface area contributed by atoms with Crippen LogP contribution in [0.25, 0.3) is 0 Å². The first kappa shape index (κ1) is 19.0. The molecule has 1 aliphatic rings. The molecule has 4 heteroatoms. The molecule has 0 aliphatic heterocycles. The van der Waals surface area contributed by atoms with Crippen LogP contribution in [0, 0.1) is 5.92 Å². The lowest BCUT2D eigenvalue weighted by Crippen LogP contribution is -2.37. The van der Waals surface area contributed by atoms with Crippen LogP contribution in [-0.4, -0.2) is 30.4 Å². The van der Waals surface area contributed by atoms with Crippen molar-refractivity contribution in [3.8, 4) is 0 Å². The van der Waals surface area contributed by atoms with Crippen molar-refractivity contribution in [1.82, 2.24) is 4.90 Å². The van der Waals surface area contributed by atoms with Gasteiger partial charge in [-0.2, -0.15) is 0 Å². The summed E-state index contributed by atoms with van der Waals surface area (Å²) in [7, 11) is 0. The molecule has 0 spiro atoms. The topological polar surface area (TPSA) is 46.3 Å². The fourth-order valence-corrected chi connectivity index (χ4v) is 3.21. The van der Waals surface area contributed by atoms with Crippen LogP contribution in [0.1, 0.15) is 44.1 Å². The second-order valence-corrected chi connectivity index (χ2v) is 6.09. The Labute approximate surface area is 140 Å². The largest absolute Gasteiger partial charge is 0.341 e. The van der Waals surface area contributed by atoms with Crippen LogP contribution in [-0.2, 0) is 11.2 Å². The van der Waals surface area contributed by atoms with Crippen LogP contribution in [0.15, 0.2) is 30.3 Å². The zero-order chi connectivity index (χ0) is 14.9. The number of rotatable bonds is 8. The summed E-state index contributed by atoms with van der Waals surface area (Å²) in [5.41, 5.74) is 6.94. The van der Waals surface area contributed by atoms with Gasteiger partial charge in [0.05, 0.1) is 0 Å². The highest BCUT2D eigenvalue weighted by atomic mass is 35.5. The minimum atomic E-state index is 0. The summed E-state index contributed by atoms with van der Waals surface area (Å²) in [4.78, 5) is 14.3. The number of benzene rings is 1. The summed E-state index contributed by atoms with van der Waals surface area (Å²) < 4.78 is 0. The molecule has 1 saturated carbocycles. The van der Waals surface area contributed by atoms with Gasteiger partial charge in [-0.25, -0.2) is 0 Å². The molecule has 2 rings (SSSR count). The number of hydrogen-bond acceptors (Lipinski definition) is 2. The highest BCUT2D eigenvalue weighted by molar-refractivity contribution is 5.85. The highest BCUT2D eigenvalue weighted by Gasteiger charge is 2.18. The fraction of sp³-hybridized carbons (Fsp3) is 0.611. The lowest BCUT2D eigenvalue weighted by molar-refractivity contribution is -0.131. The van der Waals surface area contributed by atoms with Crippen molar-refractivity contribution in [1.29, 1.82) is 0 Å². The first-order valence-corrected chi connectivity index (χ1v) is 8.31. The predicted molar refractivity (Wildman–Crippen MR) is 94.2 cm³/mol. The van der Waals surface area contributed by atoms with Crippen LogP contribution < -0.4 is 5.73 Å². The van der Waals surface area contributed by atoms with Crippen LogP contribution in [0.3, 0.4) is 0 Å². The number of halogens is 1. The first-order valence-electron chi connectivity index (χ1n) is 8.31. The van der Waals surface area contributed by atoms with Gasteiger partial charge in [-0.05, 0) is 24.3 Å². The fourth-order valence-electron chi connectivity index (χ4n) is 3.21. The van der Waals surface area contributed by atoms with E-state index in [2.05, 4.69) is 12.1 Å². The molecule has 0 radical (unpaired) electrons. The maximum Gasteiger partial charge on any atom is 0.222 e. The molecule has 0 aromatic heterocycles. The van der Waals surface area contributed by atoms with E-state index in [0.717, 1.165) is 25.3 Å². The van der Waals surface area contributed by atoms with E-state index in [1.807, 2.05) is 23.1 Å². The van der Waals surface area contributed by atoms with E-state index in [0.29, 0.717) is 19.5 Å². The van der Waals surface area contributed by atoms with E-state index in [9.17, 15) is 4.79 Å². The monoisotopic (exact) mass is 324 g/mol. The normalized spacial score (nSPS) is 14.6. The van der Waals surface area contributed by atoms with Crippen molar-refractivity contribution in [2.45, 2.75) is 44.9 Å². The molecule has 0 heterocycles. The summed E-state index contributed by atoms with van der Waals surface area (Å²) >= 11 is 0. The number of nitrogens with two attached hydrogens (primary N) is 1. The number of hydrogen-bond donors (Lipinski definition) is 1. The molecule has 3 nitrogen and oxygen atoms in total. The van der Waals surface area contributed by atoms with Crippen LogP contribution in [0.4, 0.5) is 0 Å². The Morgan fingerprint density at radius 3 is 2.45 bits per heavy atom. The summed E-state index contributed by atoms with van der Waals surface area (Å²) in [6.07, 6.45) is 7.99. The third kappa shape index (κ3) is 6.37. The molecular formula is C18H29ClN2O. The molecule has 2 N–H and O–H groups in total. The van der Waals surface area contributed by atoms with E-state index in [1.54, 1.807) is 0 Å². The second kappa shape index (κ2) is 10.6. The van der Waals surface area contributed by atoms with E-state index >= 15 is 0 Å². The number of carbonyl (C=O) groups is 1. The minimum Gasteiger partial charge on any atom is -0.341 e. The van der Waals surface area contributed by atoms with Crippen molar-refractivity contribution >= 4 is 18.3 Å². The zero-order valence-corrected chi connectivity index (χ0v) is 14.2. The van der Waals surface area contributed by atoms with Crippen LogP contribution in [0.2, 0.25) is 0 Å². The molecule has 1 aromatic rings. The van der Waals surface area contributed by atoms with E-state index in [4.69, 9.17) is 5.73 Å². The summed E-state index contributed by atoms with van der Waals surface area (Å²) in [5, 5.41) is 0. The molecule has 1 fully saturated rings. The Kier molecular flexibility index (Phi) is 9.17. The molecule has 0 unspecified atom stereocenters. The second-order valence-electron chi connectivity index (χ2n) is 6.09. The van der Waals surface area contributed by atoms with E-state index in [-0.39, 0.29) is 18.3 Å². The quantitative estimate of drug-likeness (QED) is 0.796. The van der Waals surface area contributed by atoms with Crippen molar-refractivity contribution in [3.05, 3.63) is 35.9 Å². The van der Waals surface area contributed by atoms with Crippen molar-refractivity contribution in [2.75, 3.05) is 19.6 Å². The van der Waals surface area contributed by atoms with Gasteiger partial charge in [-0.3, -0.25) is 4.79 Å². The summed E-state index contributed by atoms with van der Waals surface area (Å²) in [6.45, 7) is 2.00. The molecule has 1 amide bonds. The molecule has 124 valence electrons. The van der Waals surface area contributed by atoms with Gasteiger partial charge in [-0.1, -0.05) is 56.0 Å². The van der Waals surface area contributed by atoms with Crippen molar-refractivity contribution in [3.63, 3.8) is 0 Å². The average Bonchev–Trinajstić information content (AvgIpc) is 3.03. The first-order chi connectivity index (χ1) is 10.3. The maximum absolute atomic E-state index is 12.4. The van der Waals surface area contributed by atoms with Gasteiger partial charge in [0.2, 0.25) is 5.91 Å². The lowest BCUT2D eigenvalue weighted by atomic mass is 10.0. The molecule has 1 aromatic carbocycles. The number of nitrogens with zero attached hydrogens (tertiary/aromatic N) is 1. The number of amides is 1. The van der Waals surface area contributed by atoms with Crippen molar-refractivity contribution < 1.29 is 4.79 Å². The van der Waals surface area contributed by atoms with Gasteiger partial charge in [0.25, 0.3) is 0 Å². The number of carbonyl (C=O) groups excluding carboxylic acids is 1. The van der Waals surface area contributed by atoms with Gasteiger partial charge < -0.3 is 10.6 Å². The molecule has 0 bridgehead atoms. The smallest absolute Gasteiger partial charge is 0.222 e. The molecule has 22 heavy (non-hydrogen) atoms. The van der Waals surface area contributed by atoms with Gasteiger partial charge >= 0.3 is 0 Å². The highest BCUT2D eigenvalue weighted by Crippen LogP contribution is 2.28. The Hall–Kier alpha value is -1.06. The zero-order valence-electron chi connectivity index (χ0n) is 13.4. The Balaban J connectivity index is 0.00000242. The van der Waals surface area contributed by atoms with Crippen molar-refractivity contribution in [2.24, 2.45) is 11.7 Å². The summed E-state index contributed by atoms with van der Waals surface area (Å²) in [5.74, 6) is 1.06. The summed E-state index contributed by atoms with van der Waals surface area (Å²) in [6, 6.07) is 10.3. The Bertz CT molecular complexity index is 418.